The molecule has 2 rings (SSSR count). The molecule has 0 aliphatic carbocycles. The number of benzene rings is 2. The van der Waals surface area contributed by atoms with Gasteiger partial charge in [-0.05, 0) is 54.8 Å². The van der Waals surface area contributed by atoms with E-state index in [9.17, 15) is 9.90 Å². The minimum absolute atomic E-state index is 0.419. The first-order valence-corrected chi connectivity index (χ1v) is 7.99. The molecule has 2 aromatic carbocycles. The molecule has 0 radical (unpaired) electrons. The summed E-state index contributed by atoms with van der Waals surface area (Å²) in [6.45, 7) is 1.92. The Balaban J connectivity index is 2.13. The van der Waals surface area contributed by atoms with Crippen LogP contribution in [0.5, 0.6) is 0 Å². The lowest BCUT2D eigenvalue weighted by molar-refractivity contribution is -0.136. The number of aryl methyl sites for hydroxylation is 1. The van der Waals surface area contributed by atoms with E-state index in [1.165, 1.54) is 11.8 Å². The molecule has 5 heteroatoms. The van der Waals surface area contributed by atoms with Crippen molar-refractivity contribution in [3.63, 3.8) is 0 Å². The minimum atomic E-state index is -0.841. The van der Waals surface area contributed by atoms with E-state index in [1.807, 2.05) is 37.3 Å². The molecule has 21 heavy (non-hydrogen) atoms. The van der Waals surface area contributed by atoms with E-state index in [0.29, 0.717) is 16.5 Å². The van der Waals surface area contributed by atoms with Crippen molar-refractivity contribution < 1.29 is 9.90 Å². The fourth-order valence-corrected chi connectivity index (χ4v) is 3.16. The fraction of sp³-hybridized carbons (Fsp3) is 0.188. The van der Waals surface area contributed by atoms with Gasteiger partial charge < -0.3 is 5.11 Å². The number of halogens is 2. The Bertz CT molecular complexity index is 641. The average molecular weight is 341 g/mol. The number of carbonyl (C=O) groups is 1. The maximum atomic E-state index is 11.4. The quantitative estimate of drug-likeness (QED) is 0.770. The molecule has 0 aromatic heterocycles. The number of aliphatic carboxylic acids is 1. The molecule has 0 saturated carbocycles. The number of carboxylic acid groups (broad SMARTS) is 1. The Morgan fingerprint density at radius 3 is 2.43 bits per heavy atom. The van der Waals surface area contributed by atoms with Crippen molar-refractivity contribution in [2.24, 2.45) is 0 Å². The molecule has 1 N–H and O–H groups in total. The first-order chi connectivity index (χ1) is 9.95. The predicted molar refractivity (Wildman–Crippen MR) is 88.6 cm³/mol. The highest BCUT2D eigenvalue weighted by atomic mass is 35.5. The van der Waals surface area contributed by atoms with Gasteiger partial charge in [0.1, 0.15) is 5.25 Å². The van der Waals surface area contributed by atoms with Gasteiger partial charge in [0, 0.05) is 14.9 Å². The van der Waals surface area contributed by atoms with Crippen molar-refractivity contribution in [3.8, 4) is 0 Å². The second-order valence-corrected chi connectivity index (χ2v) is 6.81. The molecule has 0 amide bonds. The minimum Gasteiger partial charge on any atom is -0.480 e. The van der Waals surface area contributed by atoms with Gasteiger partial charge in [-0.25, -0.2) is 0 Å². The van der Waals surface area contributed by atoms with Crippen LogP contribution in [0.1, 0.15) is 11.1 Å². The van der Waals surface area contributed by atoms with E-state index >= 15 is 0 Å². The second kappa shape index (κ2) is 7.21. The summed E-state index contributed by atoms with van der Waals surface area (Å²) in [6.07, 6.45) is 0.419. The third-order valence-electron chi connectivity index (χ3n) is 3.02. The van der Waals surface area contributed by atoms with Crippen LogP contribution in [-0.2, 0) is 11.2 Å². The Morgan fingerprint density at radius 1 is 1.19 bits per heavy atom. The van der Waals surface area contributed by atoms with E-state index in [-0.39, 0.29) is 0 Å². The van der Waals surface area contributed by atoms with Crippen molar-refractivity contribution in [1.82, 2.24) is 0 Å². The molecule has 0 heterocycles. The highest BCUT2D eigenvalue weighted by molar-refractivity contribution is 8.00. The zero-order chi connectivity index (χ0) is 15.4. The monoisotopic (exact) mass is 340 g/mol. The van der Waals surface area contributed by atoms with E-state index in [1.54, 1.807) is 12.1 Å². The van der Waals surface area contributed by atoms with Crippen LogP contribution < -0.4 is 0 Å². The van der Waals surface area contributed by atoms with Crippen LogP contribution in [0.15, 0.2) is 47.4 Å². The fourth-order valence-electron chi connectivity index (χ4n) is 1.83. The molecule has 2 nitrogen and oxygen atoms in total. The maximum Gasteiger partial charge on any atom is 0.317 e. The van der Waals surface area contributed by atoms with E-state index in [2.05, 4.69) is 0 Å². The van der Waals surface area contributed by atoms with Gasteiger partial charge in [0.2, 0.25) is 0 Å². The molecule has 0 fully saturated rings. The molecule has 0 aliphatic heterocycles. The van der Waals surface area contributed by atoms with Gasteiger partial charge in [-0.2, -0.15) is 0 Å². The normalized spacial score (nSPS) is 12.1. The van der Waals surface area contributed by atoms with Gasteiger partial charge in [-0.1, -0.05) is 35.3 Å². The van der Waals surface area contributed by atoms with E-state index < -0.39 is 11.2 Å². The van der Waals surface area contributed by atoms with Crippen molar-refractivity contribution in [3.05, 3.63) is 63.6 Å². The van der Waals surface area contributed by atoms with Crippen LogP contribution in [0, 0.1) is 6.92 Å². The van der Waals surface area contributed by atoms with Crippen LogP contribution in [0.4, 0.5) is 0 Å². The summed E-state index contributed by atoms with van der Waals surface area (Å²) in [5.74, 6) is -0.841. The van der Waals surface area contributed by atoms with Crippen LogP contribution in [-0.4, -0.2) is 16.3 Å². The van der Waals surface area contributed by atoms with Crippen molar-refractivity contribution >= 4 is 40.9 Å². The van der Waals surface area contributed by atoms with Crippen molar-refractivity contribution in [1.29, 1.82) is 0 Å². The van der Waals surface area contributed by atoms with Gasteiger partial charge in [0.05, 0.1) is 0 Å². The first kappa shape index (κ1) is 16.2. The number of thioether (sulfide) groups is 1. The molecule has 0 unspecified atom stereocenters. The zero-order valence-electron chi connectivity index (χ0n) is 11.3. The molecule has 0 spiro atoms. The van der Waals surface area contributed by atoms with Crippen LogP contribution >= 0.6 is 35.0 Å². The number of hydrogen-bond donors (Lipinski definition) is 1. The molecule has 0 aliphatic rings. The second-order valence-electron chi connectivity index (χ2n) is 4.69. The third-order valence-corrected chi connectivity index (χ3v) is 4.88. The van der Waals surface area contributed by atoms with Gasteiger partial charge in [0.15, 0.2) is 0 Å². The summed E-state index contributed by atoms with van der Waals surface area (Å²) in [7, 11) is 0. The lowest BCUT2D eigenvalue weighted by atomic mass is 10.1. The highest BCUT2D eigenvalue weighted by Gasteiger charge is 2.19. The van der Waals surface area contributed by atoms with Crippen molar-refractivity contribution in [2.45, 2.75) is 23.5 Å². The Labute approximate surface area is 138 Å². The van der Waals surface area contributed by atoms with Crippen molar-refractivity contribution in [2.75, 3.05) is 0 Å². The Kier molecular flexibility index (Phi) is 5.57. The topological polar surface area (TPSA) is 37.3 Å². The molecule has 110 valence electrons. The van der Waals surface area contributed by atoms with Crippen LogP contribution in [0.25, 0.3) is 0 Å². The predicted octanol–water partition coefficient (Wildman–Crippen LogP) is 5.09. The standard InChI is InChI=1S/C16H14Cl2O2S/c1-10-2-3-11(8-14(10)18)9-15(16(19)20)21-13-6-4-12(17)5-7-13/h2-8,15H,9H2,1H3,(H,19,20)/t15-/m0/s1. The molecular formula is C16H14Cl2O2S. The summed E-state index contributed by atoms with van der Waals surface area (Å²) in [5.41, 5.74) is 1.90. The molecule has 2 aromatic rings. The lowest BCUT2D eigenvalue weighted by Gasteiger charge is -2.13. The average Bonchev–Trinajstić information content (AvgIpc) is 2.44. The molecule has 1 atom stereocenters. The summed E-state index contributed by atoms with van der Waals surface area (Å²) >= 11 is 13.2. The first-order valence-electron chi connectivity index (χ1n) is 6.36. The van der Waals surface area contributed by atoms with Crippen LogP contribution in [0.3, 0.4) is 0 Å². The largest absolute Gasteiger partial charge is 0.480 e. The summed E-state index contributed by atoms with van der Waals surface area (Å²) in [6, 6.07) is 12.8. The Hall–Kier alpha value is -1.16. The molecular weight excluding hydrogens is 327 g/mol. The van der Waals surface area contributed by atoms with Gasteiger partial charge in [0.25, 0.3) is 0 Å². The highest BCUT2D eigenvalue weighted by Crippen LogP contribution is 2.28. The van der Waals surface area contributed by atoms with Gasteiger partial charge in [-0.3, -0.25) is 4.79 Å². The van der Waals surface area contributed by atoms with Gasteiger partial charge in [-0.15, -0.1) is 11.8 Å². The van der Waals surface area contributed by atoms with E-state index in [4.69, 9.17) is 23.2 Å². The number of rotatable bonds is 5. The summed E-state index contributed by atoms with van der Waals surface area (Å²) in [5, 5.41) is 10.1. The molecule has 0 saturated heterocycles. The lowest BCUT2D eigenvalue weighted by Crippen LogP contribution is -2.19. The van der Waals surface area contributed by atoms with E-state index in [0.717, 1.165) is 16.0 Å². The van der Waals surface area contributed by atoms with Crippen LogP contribution in [0.2, 0.25) is 10.0 Å². The zero-order valence-corrected chi connectivity index (χ0v) is 13.7. The number of hydrogen-bond acceptors (Lipinski definition) is 2. The summed E-state index contributed by atoms with van der Waals surface area (Å²) in [4.78, 5) is 12.3. The third kappa shape index (κ3) is 4.67. The SMILES string of the molecule is Cc1ccc(C[C@H](Sc2ccc(Cl)cc2)C(=O)O)cc1Cl. The summed E-state index contributed by atoms with van der Waals surface area (Å²) < 4.78 is 0. The Morgan fingerprint density at radius 2 is 1.86 bits per heavy atom. The smallest absolute Gasteiger partial charge is 0.317 e. The van der Waals surface area contributed by atoms with Gasteiger partial charge >= 0.3 is 5.97 Å². The number of carboxylic acids is 1. The molecule has 0 bridgehead atoms. The maximum absolute atomic E-state index is 11.4.